The van der Waals surface area contributed by atoms with E-state index in [4.69, 9.17) is 0 Å². The van der Waals surface area contributed by atoms with Crippen LogP contribution < -0.4 is 5.32 Å². The van der Waals surface area contributed by atoms with Gasteiger partial charge in [0.1, 0.15) is 17.2 Å². The van der Waals surface area contributed by atoms with Gasteiger partial charge >= 0.3 is 0 Å². The highest BCUT2D eigenvalue weighted by Gasteiger charge is 2.11. The molecule has 2 heterocycles. The van der Waals surface area contributed by atoms with Crippen molar-refractivity contribution in [1.82, 2.24) is 15.0 Å². The van der Waals surface area contributed by atoms with Gasteiger partial charge in [0.05, 0.1) is 9.61 Å². The van der Waals surface area contributed by atoms with Gasteiger partial charge < -0.3 is 5.32 Å². The number of hydrogen-bond donors (Lipinski definition) is 1. The molecule has 84 valence electrons. The van der Waals surface area contributed by atoms with Gasteiger partial charge in [0.25, 0.3) is 0 Å². The molecule has 0 radical (unpaired) electrons. The van der Waals surface area contributed by atoms with Crippen LogP contribution in [0.2, 0.25) is 0 Å². The smallest absolute Gasteiger partial charge is 0.143 e. The fraction of sp³-hybridized carbons (Fsp3) is 0.300. The Kier molecular flexibility index (Phi) is 3.70. The molecule has 0 aliphatic heterocycles. The molecule has 2 aromatic rings. The lowest BCUT2D eigenvalue weighted by Crippen LogP contribution is -2.09. The van der Waals surface area contributed by atoms with Gasteiger partial charge in [-0.1, -0.05) is 0 Å². The second-order valence-electron chi connectivity index (χ2n) is 3.41. The lowest BCUT2D eigenvalue weighted by Gasteiger charge is -2.12. The van der Waals surface area contributed by atoms with Crippen molar-refractivity contribution in [2.24, 2.45) is 0 Å². The Balaban J connectivity index is 2.13. The Hall–Kier alpha value is -0.760. The first-order valence-electron chi connectivity index (χ1n) is 4.81. The number of anilines is 1. The molecular weight excluding hydrogens is 335 g/mol. The van der Waals surface area contributed by atoms with Crippen LogP contribution in [0.1, 0.15) is 23.7 Å². The molecule has 0 amide bonds. The Bertz CT molecular complexity index is 485. The third-order valence-corrected chi connectivity index (χ3v) is 3.96. The maximum absolute atomic E-state index is 4.45. The summed E-state index contributed by atoms with van der Waals surface area (Å²) in [5, 5.41) is 6.46. The van der Waals surface area contributed by atoms with E-state index in [1.807, 2.05) is 6.92 Å². The van der Waals surface area contributed by atoms with Crippen molar-refractivity contribution in [2.75, 3.05) is 5.32 Å². The minimum atomic E-state index is 0.169. The molecular formula is C10H11IN4S. The minimum absolute atomic E-state index is 0.169. The standard InChI is InChI=1S/C10H11IN4S/c1-6-4-16-10(14-6)7(2)15-9-8(11)3-12-5-13-9/h3-5,7H,1-2H3,(H,12,13,15). The highest BCUT2D eigenvalue weighted by molar-refractivity contribution is 14.1. The minimum Gasteiger partial charge on any atom is -0.360 e. The van der Waals surface area contributed by atoms with Gasteiger partial charge in [-0.05, 0) is 36.4 Å². The summed E-state index contributed by atoms with van der Waals surface area (Å²) < 4.78 is 1.01. The van der Waals surface area contributed by atoms with Gasteiger partial charge in [-0.3, -0.25) is 0 Å². The van der Waals surface area contributed by atoms with Crippen molar-refractivity contribution in [2.45, 2.75) is 19.9 Å². The third-order valence-electron chi connectivity index (χ3n) is 2.03. The Morgan fingerprint density at radius 2 is 2.31 bits per heavy atom. The number of nitrogens with one attached hydrogen (secondary N) is 1. The zero-order valence-electron chi connectivity index (χ0n) is 8.94. The summed E-state index contributed by atoms with van der Waals surface area (Å²) in [6.07, 6.45) is 3.33. The zero-order chi connectivity index (χ0) is 11.5. The van der Waals surface area contributed by atoms with Crippen LogP contribution in [0.3, 0.4) is 0 Å². The lowest BCUT2D eigenvalue weighted by atomic mass is 10.3. The van der Waals surface area contributed by atoms with Gasteiger partial charge in [-0.25, -0.2) is 15.0 Å². The number of hydrogen-bond acceptors (Lipinski definition) is 5. The average Bonchev–Trinajstić information content (AvgIpc) is 2.68. The van der Waals surface area contributed by atoms with Gasteiger partial charge in [0, 0.05) is 17.3 Å². The van der Waals surface area contributed by atoms with Crippen molar-refractivity contribution in [1.29, 1.82) is 0 Å². The average molecular weight is 346 g/mol. The summed E-state index contributed by atoms with van der Waals surface area (Å²) in [4.78, 5) is 12.6. The molecule has 4 nitrogen and oxygen atoms in total. The molecule has 1 N–H and O–H groups in total. The van der Waals surface area contributed by atoms with Crippen LogP contribution in [0.5, 0.6) is 0 Å². The van der Waals surface area contributed by atoms with Crippen LogP contribution in [-0.2, 0) is 0 Å². The quantitative estimate of drug-likeness (QED) is 0.868. The SMILES string of the molecule is Cc1csc(C(C)Nc2ncncc2I)n1. The molecule has 1 atom stereocenters. The normalized spacial score (nSPS) is 12.4. The van der Waals surface area contributed by atoms with E-state index >= 15 is 0 Å². The molecule has 1 unspecified atom stereocenters. The summed E-state index contributed by atoms with van der Waals surface area (Å²) in [7, 11) is 0. The van der Waals surface area contributed by atoms with E-state index in [0.717, 1.165) is 20.1 Å². The van der Waals surface area contributed by atoms with Crippen LogP contribution >= 0.6 is 33.9 Å². The Morgan fingerprint density at radius 1 is 1.50 bits per heavy atom. The molecule has 0 fully saturated rings. The third kappa shape index (κ3) is 2.67. The van der Waals surface area contributed by atoms with Crippen molar-refractivity contribution >= 4 is 39.7 Å². The summed E-state index contributed by atoms with van der Waals surface area (Å²) >= 11 is 3.88. The highest BCUT2D eigenvalue weighted by atomic mass is 127. The number of thiazole rings is 1. The number of nitrogens with zero attached hydrogens (tertiary/aromatic N) is 3. The van der Waals surface area contributed by atoms with E-state index in [0.29, 0.717) is 0 Å². The van der Waals surface area contributed by atoms with Crippen LogP contribution in [-0.4, -0.2) is 15.0 Å². The number of rotatable bonds is 3. The fourth-order valence-corrected chi connectivity index (χ4v) is 2.52. The van der Waals surface area contributed by atoms with Crippen molar-refractivity contribution < 1.29 is 0 Å². The van der Waals surface area contributed by atoms with Crippen LogP contribution in [0.4, 0.5) is 5.82 Å². The van der Waals surface area contributed by atoms with Gasteiger partial charge in [-0.15, -0.1) is 11.3 Å². The van der Waals surface area contributed by atoms with Crippen molar-refractivity contribution in [3.8, 4) is 0 Å². The number of halogens is 1. The van der Waals surface area contributed by atoms with E-state index in [1.54, 1.807) is 23.9 Å². The van der Waals surface area contributed by atoms with Crippen molar-refractivity contribution in [3.63, 3.8) is 0 Å². The van der Waals surface area contributed by atoms with Gasteiger partial charge in [0.2, 0.25) is 0 Å². The summed E-state index contributed by atoms with van der Waals surface area (Å²) in [5.41, 5.74) is 1.06. The second-order valence-corrected chi connectivity index (χ2v) is 5.46. The zero-order valence-corrected chi connectivity index (χ0v) is 11.9. The second kappa shape index (κ2) is 5.05. The van der Waals surface area contributed by atoms with E-state index in [9.17, 15) is 0 Å². The van der Waals surface area contributed by atoms with Gasteiger partial charge in [0.15, 0.2) is 0 Å². The van der Waals surface area contributed by atoms with E-state index < -0.39 is 0 Å². The van der Waals surface area contributed by atoms with Crippen molar-refractivity contribution in [3.05, 3.63) is 32.2 Å². The van der Waals surface area contributed by atoms with E-state index in [-0.39, 0.29) is 6.04 Å². The summed E-state index contributed by atoms with van der Waals surface area (Å²) in [5.74, 6) is 0.857. The summed E-state index contributed by atoms with van der Waals surface area (Å²) in [6, 6.07) is 0.169. The molecule has 0 bridgehead atoms. The van der Waals surface area contributed by atoms with Gasteiger partial charge in [-0.2, -0.15) is 0 Å². The number of aryl methyl sites for hydroxylation is 1. The molecule has 0 saturated carbocycles. The number of aromatic nitrogens is 3. The topological polar surface area (TPSA) is 50.7 Å². The molecule has 16 heavy (non-hydrogen) atoms. The maximum atomic E-state index is 4.45. The highest BCUT2D eigenvalue weighted by Crippen LogP contribution is 2.23. The predicted molar refractivity (Wildman–Crippen MR) is 73.6 cm³/mol. The first-order valence-corrected chi connectivity index (χ1v) is 6.76. The molecule has 2 aromatic heterocycles. The first kappa shape index (κ1) is 11.7. The monoisotopic (exact) mass is 346 g/mol. The predicted octanol–water partition coefficient (Wildman–Crippen LogP) is 3.02. The lowest BCUT2D eigenvalue weighted by molar-refractivity contribution is 0.851. The Morgan fingerprint density at radius 3 is 2.94 bits per heavy atom. The molecule has 6 heteroatoms. The molecule has 0 aliphatic rings. The maximum Gasteiger partial charge on any atom is 0.143 e. The molecule has 0 aliphatic carbocycles. The molecule has 2 rings (SSSR count). The van der Waals surface area contributed by atoms with Crippen LogP contribution in [0, 0.1) is 10.5 Å². The largest absolute Gasteiger partial charge is 0.360 e. The Labute approximate surface area is 112 Å². The molecule has 0 spiro atoms. The summed E-state index contributed by atoms with van der Waals surface area (Å²) in [6.45, 7) is 4.08. The molecule has 0 aromatic carbocycles. The van der Waals surface area contributed by atoms with E-state index in [2.05, 4.69) is 55.2 Å². The fourth-order valence-electron chi connectivity index (χ4n) is 1.26. The van der Waals surface area contributed by atoms with Crippen LogP contribution in [0.25, 0.3) is 0 Å². The first-order chi connectivity index (χ1) is 7.66. The van der Waals surface area contributed by atoms with Crippen LogP contribution in [0.15, 0.2) is 17.9 Å². The van der Waals surface area contributed by atoms with E-state index in [1.165, 1.54) is 0 Å². The molecule has 0 saturated heterocycles.